The number of ether oxygens (including phenoxy) is 3. The number of methoxy groups -OCH3 is 3. The second kappa shape index (κ2) is 11.0. The highest BCUT2D eigenvalue weighted by Gasteiger charge is 2.15. The first kappa shape index (κ1) is 25.6. The summed E-state index contributed by atoms with van der Waals surface area (Å²) in [5.41, 5.74) is 3.68. The molecule has 0 aliphatic rings. The number of carbonyl (C=O) groups excluding carboxylic acids is 1. The topological polar surface area (TPSA) is 103 Å². The maximum Gasteiger partial charge on any atom is 0.261 e. The standard InChI is InChI=1S/C26H28N2O6S/c1-17-6-8-21(14-18(17)2)28-35(30,31)22-11-9-20(10-12-22)27-25(29)13-7-19-15-23(32-3)26(34-5)24(16-19)33-4/h6-16,28H,1-5H3,(H,27,29)/b13-7+. The molecule has 2 N–H and O–H groups in total. The SMILES string of the molecule is COc1cc(/C=C/C(=O)Nc2ccc(S(=O)(=O)Nc3ccc(C)c(C)c3)cc2)cc(OC)c1OC. The average Bonchev–Trinajstić information content (AvgIpc) is 2.84. The van der Waals surface area contributed by atoms with E-state index in [0.29, 0.717) is 34.2 Å². The quantitative estimate of drug-likeness (QED) is 0.413. The Labute approximate surface area is 205 Å². The van der Waals surface area contributed by atoms with E-state index in [4.69, 9.17) is 14.2 Å². The van der Waals surface area contributed by atoms with Gasteiger partial charge in [-0.25, -0.2) is 8.42 Å². The summed E-state index contributed by atoms with van der Waals surface area (Å²) >= 11 is 0. The molecule has 0 bridgehead atoms. The summed E-state index contributed by atoms with van der Waals surface area (Å²) in [5.74, 6) is 1.01. The molecule has 0 spiro atoms. The zero-order chi connectivity index (χ0) is 25.6. The van der Waals surface area contributed by atoms with Crippen molar-refractivity contribution in [1.29, 1.82) is 0 Å². The molecule has 0 heterocycles. The minimum absolute atomic E-state index is 0.0849. The Bertz CT molecular complexity index is 1320. The van der Waals surface area contributed by atoms with Crippen molar-refractivity contribution < 1.29 is 27.4 Å². The lowest BCUT2D eigenvalue weighted by atomic mass is 10.1. The van der Waals surface area contributed by atoms with Crippen LogP contribution in [0.15, 0.2) is 65.6 Å². The fourth-order valence-corrected chi connectivity index (χ4v) is 4.34. The number of amides is 1. The third kappa shape index (κ3) is 6.33. The van der Waals surface area contributed by atoms with Gasteiger partial charge >= 0.3 is 0 Å². The second-order valence-electron chi connectivity index (χ2n) is 7.71. The predicted molar refractivity (Wildman–Crippen MR) is 137 cm³/mol. The lowest BCUT2D eigenvalue weighted by molar-refractivity contribution is -0.111. The van der Waals surface area contributed by atoms with E-state index in [-0.39, 0.29) is 10.8 Å². The van der Waals surface area contributed by atoms with Crippen LogP contribution in [-0.2, 0) is 14.8 Å². The maximum absolute atomic E-state index is 12.7. The van der Waals surface area contributed by atoms with Gasteiger partial charge in [-0.05, 0) is 85.1 Å². The van der Waals surface area contributed by atoms with E-state index >= 15 is 0 Å². The number of carbonyl (C=O) groups is 1. The average molecular weight is 497 g/mol. The number of sulfonamides is 1. The van der Waals surface area contributed by atoms with E-state index < -0.39 is 10.0 Å². The third-order valence-corrected chi connectivity index (χ3v) is 6.70. The van der Waals surface area contributed by atoms with Crippen molar-refractivity contribution in [2.45, 2.75) is 18.7 Å². The number of hydrogen-bond donors (Lipinski definition) is 2. The molecule has 3 aromatic carbocycles. The molecule has 8 nitrogen and oxygen atoms in total. The van der Waals surface area contributed by atoms with Gasteiger partial charge in [-0.3, -0.25) is 9.52 Å². The molecule has 184 valence electrons. The lowest BCUT2D eigenvalue weighted by Gasteiger charge is -2.12. The molecule has 0 aliphatic carbocycles. The van der Waals surface area contributed by atoms with Crippen molar-refractivity contribution in [3.8, 4) is 17.2 Å². The Balaban J connectivity index is 1.69. The van der Waals surface area contributed by atoms with Crippen molar-refractivity contribution in [3.05, 3.63) is 77.4 Å². The molecule has 35 heavy (non-hydrogen) atoms. The highest BCUT2D eigenvalue weighted by molar-refractivity contribution is 7.92. The zero-order valence-corrected chi connectivity index (χ0v) is 21.0. The Hall–Kier alpha value is -3.98. The molecule has 0 radical (unpaired) electrons. The fourth-order valence-electron chi connectivity index (χ4n) is 3.29. The van der Waals surface area contributed by atoms with Crippen LogP contribution >= 0.6 is 0 Å². The van der Waals surface area contributed by atoms with E-state index in [2.05, 4.69) is 10.0 Å². The summed E-state index contributed by atoms with van der Waals surface area (Å²) in [6.07, 6.45) is 2.96. The van der Waals surface area contributed by atoms with E-state index in [9.17, 15) is 13.2 Å². The van der Waals surface area contributed by atoms with Crippen molar-refractivity contribution in [3.63, 3.8) is 0 Å². The van der Waals surface area contributed by atoms with Crippen LogP contribution in [0.4, 0.5) is 11.4 Å². The molecule has 3 aromatic rings. The summed E-state index contributed by atoms with van der Waals surface area (Å²) in [6, 6.07) is 14.7. The Morgan fingerprint density at radius 1 is 0.800 bits per heavy atom. The number of benzene rings is 3. The second-order valence-corrected chi connectivity index (χ2v) is 9.39. The molecule has 3 rings (SSSR count). The van der Waals surface area contributed by atoms with Crippen molar-refractivity contribution in [2.24, 2.45) is 0 Å². The number of rotatable bonds is 9. The molecule has 9 heteroatoms. The van der Waals surface area contributed by atoms with E-state index in [1.54, 1.807) is 30.3 Å². The van der Waals surface area contributed by atoms with Gasteiger partial charge in [-0.1, -0.05) is 6.07 Å². The summed E-state index contributed by atoms with van der Waals surface area (Å²) < 4.78 is 43.9. The van der Waals surface area contributed by atoms with Gasteiger partial charge in [0, 0.05) is 17.5 Å². The first-order valence-electron chi connectivity index (χ1n) is 10.7. The first-order valence-corrected chi connectivity index (χ1v) is 12.1. The molecule has 0 aliphatic heterocycles. The first-order chi connectivity index (χ1) is 16.7. The number of nitrogens with one attached hydrogen (secondary N) is 2. The molecule has 0 saturated heterocycles. The van der Waals surface area contributed by atoms with Crippen LogP contribution < -0.4 is 24.2 Å². The lowest BCUT2D eigenvalue weighted by Crippen LogP contribution is -2.13. The van der Waals surface area contributed by atoms with Crippen molar-refractivity contribution in [1.82, 2.24) is 0 Å². The summed E-state index contributed by atoms with van der Waals surface area (Å²) in [7, 11) is 0.774. The summed E-state index contributed by atoms with van der Waals surface area (Å²) in [5, 5.41) is 2.71. The van der Waals surface area contributed by atoms with Crippen LogP contribution in [0.5, 0.6) is 17.2 Å². The summed E-state index contributed by atoms with van der Waals surface area (Å²) in [4.78, 5) is 12.5. The molecular formula is C26H28N2O6S. The van der Waals surface area contributed by atoms with Crippen molar-refractivity contribution >= 4 is 33.4 Å². The number of anilines is 2. The molecular weight excluding hydrogens is 468 g/mol. The maximum atomic E-state index is 12.7. The molecule has 0 saturated carbocycles. The van der Waals surface area contributed by atoms with Gasteiger partial charge in [0.15, 0.2) is 11.5 Å². The van der Waals surface area contributed by atoms with Crippen LogP contribution in [0.1, 0.15) is 16.7 Å². The van der Waals surface area contributed by atoms with Crippen molar-refractivity contribution in [2.75, 3.05) is 31.4 Å². The minimum atomic E-state index is -3.76. The zero-order valence-electron chi connectivity index (χ0n) is 20.2. The van der Waals surface area contributed by atoms with E-state index in [1.165, 1.54) is 51.7 Å². The monoisotopic (exact) mass is 496 g/mol. The van der Waals surface area contributed by atoms with Gasteiger partial charge in [0.1, 0.15) is 0 Å². The number of hydrogen-bond acceptors (Lipinski definition) is 6. The highest BCUT2D eigenvalue weighted by Crippen LogP contribution is 2.38. The van der Waals surface area contributed by atoms with Gasteiger partial charge in [-0.2, -0.15) is 0 Å². The fraction of sp³-hybridized carbons (Fsp3) is 0.192. The van der Waals surface area contributed by atoms with Crippen LogP contribution in [0.25, 0.3) is 6.08 Å². The van der Waals surface area contributed by atoms with E-state index in [1.807, 2.05) is 19.9 Å². The van der Waals surface area contributed by atoms with Crippen LogP contribution in [0.3, 0.4) is 0 Å². The Morgan fingerprint density at radius 3 is 1.94 bits per heavy atom. The third-order valence-electron chi connectivity index (χ3n) is 5.31. The molecule has 0 fully saturated rings. The minimum Gasteiger partial charge on any atom is -0.493 e. The van der Waals surface area contributed by atoms with Crippen LogP contribution in [-0.4, -0.2) is 35.7 Å². The van der Waals surface area contributed by atoms with Crippen LogP contribution in [0, 0.1) is 13.8 Å². The van der Waals surface area contributed by atoms with E-state index in [0.717, 1.165) is 11.1 Å². The smallest absolute Gasteiger partial charge is 0.261 e. The number of aryl methyl sites for hydroxylation is 2. The Kier molecular flexibility index (Phi) is 8.03. The van der Waals surface area contributed by atoms with Gasteiger partial charge in [0.2, 0.25) is 11.7 Å². The highest BCUT2D eigenvalue weighted by atomic mass is 32.2. The van der Waals surface area contributed by atoms with Crippen LogP contribution in [0.2, 0.25) is 0 Å². The van der Waals surface area contributed by atoms with Gasteiger partial charge in [0.25, 0.3) is 10.0 Å². The predicted octanol–water partition coefficient (Wildman–Crippen LogP) is 4.78. The largest absolute Gasteiger partial charge is 0.493 e. The molecule has 1 amide bonds. The van der Waals surface area contributed by atoms with Gasteiger partial charge in [0.05, 0.1) is 26.2 Å². The molecule has 0 aromatic heterocycles. The van der Waals surface area contributed by atoms with Gasteiger partial charge in [-0.15, -0.1) is 0 Å². The van der Waals surface area contributed by atoms with Gasteiger partial charge < -0.3 is 19.5 Å². The molecule has 0 unspecified atom stereocenters. The molecule has 0 atom stereocenters. The Morgan fingerprint density at radius 2 is 1.40 bits per heavy atom. The normalized spacial score (nSPS) is 11.2. The summed E-state index contributed by atoms with van der Waals surface area (Å²) in [6.45, 7) is 3.88.